The average molecular weight is 352 g/mol. The van der Waals surface area contributed by atoms with Crippen molar-refractivity contribution in [1.29, 1.82) is 0 Å². The van der Waals surface area contributed by atoms with Gasteiger partial charge in [0.15, 0.2) is 0 Å². The van der Waals surface area contributed by atoms with Gasteiger partial charge in [0.1, 0.15) is 5.75 Å². The first kappa shape index (κ1) is 17.9. The zero-order valence-corrected chi connectivity index (χ0v) is 15.0. The van der Waals surface area contributed by atoms with Crippen molar-refractivity contribution in [3.63, 3.8) is 0 Å². The summed E-state index contributed by atoms with van der Waals surface area (Å²) >= 11 is 0. The first-order valence-electron chi connectivity index (χ1n) is 8.94. The van der Waals surface area contributed by atoms with Crippen LogP contribution in [-0.2, 0) is 0 Å². The van der Waals surface area contributed by atoms with Crippen LogP contribution in [0.1, 0.15) is 42.5 Å². The molecule has 1 aromatic heterocycles. The second-order valence-corrected chi connectivity index (χ2v) is 6.23. The molecular formula is C20H24N4O2. The lowest BCUT2D eigenvalue weighted by atomic mass is 9.97. The van der Waals surface area contributed by atoms with Crippen molar-refractivity contribution in [3.8, 4) is 5.75 Å². The van der Waals surface area contributed by atoms with Crippen molar-refractivity contribution >= 4 is 17.5 Å². The molecule has 6 nitrogen and oxygen atoms in total. The van der Waals surface area contributed by atoms with Crippen LogP contribution >= 0.6 is 0 Å². The summed E-state index contributed by atoms with van der Waals surface area (Å²) in [4.78, 5) is 20.8. The quantitative estimate of drug-likeness (QED) is 0.736. The lowest BCUT2D eigenvalue weighted by Gasteiger charge is -2.13. The number of carbonyl (C=O) groups is 1. The predicted molar refractivity (Wildman–Crippen MR) is 103 cm³/mol. The standard InChI is InChI=1S/C20H24N4O2/c1-26-18-10-6-5-9-17(18)24-19(25)16-13-22-20(23-14-16)21-12-11-15-7-3-2-4-8-15/h5-7,9-10,13-14H,2-4,8,11-12H2,1H3,(H,24,25)(H,21,22,23). The molecule has 2 aromatic rings. The fourth-order valence-electron chi connectivity index (χ4n) is 2.95. The number of allylic oxidation sites excluding steroid dienone is 1. The van der Waals surface area contributed by atoms with Crippen LogP contribution in [0.4, 0.5) is 11.6 Å². The fourth-order valence-corrected chi connectivity index (χ4v) is 2.95. The predicted octanol–water partition coefficient (Wildman–Crippen LogP) is 4.04. The summed E-state index contributed by atoms with van der Waals surface area (Å²) in [5.74, 6) is 0.876. The van der Waals surface area contributed by atoms with Gasteiger partial charge in [-0.2, -0.15) is 0 Å². The Labute approximate surface area is 153 Å². The van der Waals surface area contributed by atoms with Gasteiger partial charge in [-0.3, -0.25) is 4.79 Å². The molecule has 6 heteroatoms. The van der Waals surface area contributed by atoms with E-state index in [1.807, 2.05) is 12.1 Å². The number of carbonyl (C=O) groups excluding carboxylic acids is 1. The third kappa shape index (κ3) is 4.81. The van der Waals surface area contributed by atoms with Gasteiger partial charge >= 0.3 is 0 Å². The Morgan fingerprint density at radius 3 is 2.73 bits per heavy atom. The molecule has 0 spiro atoms. The summed E-state index contributed by atoms with van der Waals surface area (Å²) in [5.41, 5.74) is 2.52. The van der Waals surface area contributed by atoms with Gasteiger partial charge in [0.2, 0.25) is 5.95 Å². The van der Waals surface area contributed by atoms with E-state index in [1.54, 1.807) is 19.2 Å². The second-order valence-electron chi connectivity index (χ2n) is 6.23. The normalized spacial score (nSPS) is 13.7. The third-order valence-corrected chi connectivity index (χ3v) is 4.38. The van der Waals surface area contributed by atoms with Crippen LogP contribution in [0, 0.1) is 0 Å². The molecule has 1 aliphatic rings. The molecule has 0 radical (unpaired) electrons. The molecule has 0 fully saturated rings. The van der Waals surface area contributed by atoms with E-state index >= 15 is 0 Å². The van der Waals surface area contributed by atoms with Crippen molar-refractivity contribution in [1.82, 2.24) is 9.97 Å². The van der Waals surface area contributed by atoms with Gasteiger partial charge in [-0.15, -0.1) is 0 Å². The molecule has 1 heterocycles. The van der Waals surface area contributed by atoms with Gasteiger partial charge < -0.3 is 15.4 Å². The highest BCUT2D eigenvalue weighted by Gasteiger charge is 2.10. The highest BCUT2D eigenvalue weighted by atomic mass is 16.5. The number of methoxy groups -OCH3 is 1. The number of aromatic nitrogens is 2. The minimum Gasteiger partial charge on any atom is -0.495 e. The molecule has 1 amide bonds. The summed E-state index contributed by atoms with van der Waals surface area (Å²) in [6.45, 7) is 0.804. The van der Waals surface area contributed by atoms with Gasteiger partial charge in [-0.25, -0.2) is 9.97 Å². The maximum atomic E-state index is 12.3. The number of benzene rings is 1. The highest BCUT2D eigenvalue weighted by molar-refractivity contribution is 6.04. The molecule has 3 rings (SSSR count). The van der Waals surface area contributed by atoms with E-state index in [-0.39, 0.29) is 5.91 Å². The van der Waals surface area contributed by atoms with Crippen molar-refractivity contribution < 1.29 is 9.53 Å². The van der Waals surface area contributed by atoms with Crippen LogP contribution in [0.2, 0.25) is 0 Å². The van der Waals surface area contributed by atoms with Crippen molar-refractivity contribution in [3.05, 3.63) is 53.9 Å². The van der Waals surface area contributed by atoms with E-state index in [4.69, 9.17) is 4.74 Å². The molecule has 0 saturated heterocycles. The number of amides is 1. The van der Waals surface area contributed by atoms with E-state index in [1.165, 1.54) is 43.7 Å². The Hall–Kier alpha value is -2.89. The summed E-state index contributed by atoms with van der Waals surface area (Å²) in [5, 5.41) is 6.02. The van der Waals surface area contributed by atoms with Gasteiger partial charge in [0.25, 0.3) is 5.91 Å². The van der Waals surface area contributed by atoms with Crippen LogP contribution in [-0.4, -0.2) is 29.5 Å². The lowest BCUT2D eigenvalue weighted by molar-refractivity contribution is 0.102. The van der Waals surface area contributed by atoms with Crippen molar-refractivity contribution in [2.75, 3.05) is 24.3 Å². The van der Waals surface area contributed by atoms with Gasteiger partial charge in [-0.05, 0) is 44.2 Å². The number of hydrogen-bond acceptors (Lipinski definition) is 5. The fraction of sp³-hybridized carbons (Fsp3) is 0.350. The zero-order valence-electron chi connectivity index (χ0n) is 15.0. The molecule has 0 bridgehead atoms. The molecule has 136 valence electrons. The molecule has 0 atom stereocenters. The topological polar surface area (TPSA) is 76.1 Å². The molecule has 0 aliphatic heterocycles. The van der Waals surface area contributed by atoms with Crippen LogP contribution in [0.3, 0.4) is 0 Å². The summed E-state index contributed by atoms with van der Waals surface area (Å²) < 4.78 is 5.23. The van der Waals surface area contributed by atoms with Crippen molar-refractivity contribution in [2.45, 2.75) is 32.1 Å². The largest absolute Gasteiger partial charge is 0.495 e. The number of ether oxygens (including phenoxy) is 1. The zero-order chi connectivity index (χ0) is 18.2. The summed E-state index contributed by atoms with van der Waals surface area (Å²) in [6.07, 6.45) is 11.4. The van der Waals surface area contributed by atoms with E-state index < -0.39 is 0 Å². The monoisotopic (exact) mass is 352 g/mol. The van der Waals surface area contributed by atoms with Crippen LogP contribution in [0.25, 0.3) is 0 Å². The number of para-hydroxylation sites is 2. The number of nitrogens with zero attached hydrogens (tertiary/aromatic N) is 2. The molecule has 26 heavy (non-hydrogen) atoms. The first-order chi connectivity index (χ1) is 12.8. The average Bonchev–Trinajstić information content (AvgIpc) is 2.70. The number of hydrogen-bond donors (Lipinski definition) is 2. The van der Waals surface area contributed by atoms with E-state index in [2.05, 4.69) is 26.7 Å². The number of nitrogens with one attached hydrogen (secondary N) is 2. The molecule has 1 aliphatic carbocycles. The van der Waals surface area contributed by atoms with E-state index in [9.17, 15) is 4.79 Å². The van der Waals surface area contributed by atoms with Gasteiger partial charge in [0, 0.05) is 18.9 Å². The minimum atomic E-state index is -0.270. The Bertz CT molecular complexity index is 772. The SMILES string of the molecule is COc1ccccc1NC(=O)c1cnc(NCCC2=CCCCC2)nc1. The molecule has 0 unspecified atom stereocenters. The maximum Gasteiger partial charge on any atom is 0.258 e. The Balaban J connectivity index is 1.53. The Morgan fingerprint density at radius 1 is 1.19 bits per heavy atom. The third-order valence-electron chi connectivity index (χ3n) is 4.38. The Morgan fingerprint density at radius 2 is 2.00 bits per heavy atom. The second kappa shape index (κ2) is 8.99. The molecule has 2 N–H and O–H groups in total. The minimum absolute atomic E-state index is 0.270. The van der Waals surface area contributed by atoms with Gasteiger partial charge in [0.05, 0.1) is 18.4 Å². The van der Waals surface area contributed by atoms with Crippen LogP contribution in [0.5, 0.6) is 5.75 Å². The van der Waals surface area contributed by atoms with E-state index in [0.717, 1.165) is 13.0 Å². The molecule has 1 aromatic carbocycles. The first-order valence-corrected chi connectivity index (χ1v) is 8.94. The highest BCUT2D eigenvalue weighted by Crippen LogP contribution is 2.23. The Kier molecular flexibility index (Phi) is 6.19. The smallest absolute Gasteiger partial charge is 0.258 e. The number of anilines is 2. The van der Waals surface area contributed by atoms with Crippen LogP contribution in [0.15, 0.2) is 48.3 Å². The maximum absolute atomic E-state index is 12.3. The summed E-state index contributed by atoms with van der Waals surface area (Å²) in [6, 6.07) is 7.26. The number of rotatable bonds is 7. The molecular weight excluding hydrogens is 328 g/mol. The van der Waals surface area contributed by atoms with E-state index in [0.29, 0.717) is 22.9 Å². The molecule has 0 saturated carbocycles. The summed E-state index contributed by atoms with van der Waals surface area (Å²) in [7, 11) is 1.57. The van der Waals surface area contributed by atoms with Crippen molar-refractivity contribution in [2.24, 2.45) is 0 Å². The van der Waals surface area contributed by atoms with Gasteiger partial charge in [-0.1, -0.05) is 23.8 Å². The lowest BCUT2D eigenvalue weighted by Crippen LogP contribution is -2.14. The van der Waals surface area contributed by atoms with Crippen LogP contribution < -0.4 is 15.4 Å².